The molecule has 0 aliphatic rings. The van der Waals surface area contributed by atoms with E-state index in [0.29, 0.717) is 6.42 Å². The summed E-state index contributed by atoms with van der Waals surface area (Å²) in [5.41, 5.74) is 6.85. The summed E-state index contributed by atoms with van der Waals surface area (Å²) in [6, 6.07) is 16.8. The standard InChI is InChI=1S/C28H33NO/c1-6-14-23(7-2)21-28(5,8-3)22(4)24-15-9-10-16-25(24)26-17-11-12-18-27(26)29-19-13-20-30/h6-7,9-12,14-18,20,29H,1-2,4,8,13,19,21H2,3,5H3/p+1/b23-14+. The third-order valence-corrected chi connectivity index (χ3v) is 5.85. The van der Waals surface area contributed by atoms with E-state index in [9.17, 15) is 4.79 Å². The van der Waals surface area contributed by atoms with Crippen molar-refractivity contribution >= 4 is 17.5 Å². The van der Waals surface area contributed by atoms with Crippen molar-refractivity contribution in [2.75, 3.05) is 6.54 Å². The van der Waals surface area contributed by atoms with Crippen LogP contribution < -0.4 is 5.32 Å². The third kappa shape index (κ3) is 5.55. The Kier molecular flexibility index (Phi) is 8.76. The van der Waals surface area contributed by atoms with Crippen LogP contribution in [0, 0.1) is 5.41 Å². The summed E-state index contributed by atoms with van der Waals surface area (Å²) in [5, 5.41) is 2.14. The predicted molar refractivity (Wildman–Crippen MR) is 130 cm³/mol. The van der Waals surface area contributed by atoms with E-state index in [2.05, 4.69) is 81.4 Å². The lowest BCUT2D eigenvalue weighted by atomic mass is 9.71. The number of quaternary nitrogens is 1. The second kappa shape index (κ2) is 11.3. The zero-order chi connectivity index (χ0) is 22.0. The van der Waals surface area contributed by atoms with Crippen LogP contribution in [0.5, 0.6) is 0 Å². The summed E-state index contributed by atoms with van der Waals surface area (Å²) in [5.74, 6) is 0. The van der Waals surface area contributed by atoms with Crippen molar-refractivity contribution in [3.8, 4) is 11.1 Å². The first-order valence-electron chi connectivity index (χ1n) is 10.6. The van der Waals surface area contributed by atoms with Crippen molar-refractivity contribution in [3.63, 3.8) is 0 Å². The van der Waals surface area contributed by atoms with Crippen molar-refractivity contribution in [1.82, 2.24) is 0 Å². The summed E-state index contributed by atoms with van der Waals surface area (Å²) in [4.78, 5) is 10.7. The van der Waals surface area contributed by atoms with Gasteiger partial charge >= 0.3 is 0 Å². The summed E-state index contributed by atoms with van der Waals surface area (Å²) in [6.07, 6.45) is 9.08. The molecule has 0 aliphatic carbocycles. The van der Waals surface area contributed by atoms with Crippen LogP contribution >= 0.6 is 0 Å². The van der Waals surface area contributed by atoms with Gasteiger partial charge in [-0.3, -0.25) is 0 Å². The molecule has 2 N–H and O–H groups in total. The van der Waals surface area contributed by atoms with Crippen molar-refractivity contribution in [1.29, 1.82) is 0 Å². The minimum absolute atomic E-state index is 0.102. The van der Waals surface area contributed by atoms with Crippen molar-refractivity contribution in [3.05, 3.63) is 97.6 Å². The summed E-state index contributed by atoms with van der Waals surface area (Å²) in [7, 11) is 0. The van der Waals surface area contributed by atoms with Gasteiger partial charge in [-0.15, -0.1) is 0 Å². The highest BCUT2D eigenvalue weighted by Gasteiger charge is 2.29. The predicted octanol–water partition coefficient (Wildman–Crippen LogP) is 6.26. The zero-order valence-corrected chi connectivity index (χ0v) is 18.4. The van der Waals surface area contributed by atoms with Crippen LogP contribution in [-0.4, -0.2) is 12.8 Å². The van der Waals surface area contributed by atoms with Gasteiger partial charge in [-0.2, -0.15) is 0 Å². The molecule has 1 unspecified atom stereocenters. The lowest BCUT2D eigenvalue weighted by Crippen LogP contribution is -2.78. The highest BCUT2D eigenvalue weighted by Crippen LogP contribution is 2.45. The minimum atomic E-state index is -0.102. The first kappa shape index (κ1) is 23.3. The van der Waals surface area contributed by atoms with E-state index in [1.165, 1.54) is 16.7 Å². The molecule has 1 atom stereocenters. The molecule has 0 bridgehead atoms. The largest absolute Gasteiger partial charge is 0.313 e. The number of nitrogens with two attached hydrogens (primary N) is 1. The van der Waals surface area contributed by atoms with Gasteiger partial charge in [0, 0.05) is 5.56 Å². The number of hydrogen-bond donors (Lipinski definition) is 1. The van der Waals surface area contributed by atoms with E-state index in [-0.39, 0.29) is 5.41 Å². The summed E-state index contributed by atoms with van der Waals surface area (Å²) >= 11 is 0. The van der Waals surface area contributed by atoms with Gasteiger partial charge in [0.2, 0.25) is 0 Å². The van der Waals surface area contributed by atoms with Gasteiger partial charge < -0.3 is 10.1 Å². The molecule has 156 valence electrons. The number of rotatable bonds is 12. The first-order valence-corrected chi connectivity index (χ1v) is 10.6. The van der Waals surface area contributed by atoms with E-state index in [0.717, 1.165) is 42.5 Å². The number of aldehydes is 1. The second-order valence-corrected chi connectivity index (χ2v) is 7.83. The molecule has 2 aromatic rings. The number of benzene rings is 2. The molecule has 0 heterocycles. The Balaban J connectivity index is 2.49. The summed E-state index contributed by atoms with van der Waals surface area (Å²) < 4.78 is 0. The van der Waals surface area contributed by atoms with Gasteiger partial charge in [0.15, 0.2) is 0 Å². The van der Waals surface area contributed by atoms with Crippen molar-refractivity contribution in [2.45, 2.75) is 33.1 Å². The molecule has 0 saturated carbocycles. The smallest absolute Gasteiger partial charge is 0.137 e. The van der Waals surface area contributed by atoms with E-state index in [4.69, 9.17) is 0 Å². The Bertz CT molecular complexity index is 937. The molecule has 2 rings (SSSR count). The maximum atomic E-state index is 10.7. The quantitative estimate of drug-likeness (QED) is 0.194. The maximum Gasteiger partial charge on any atom is 0.137 e. The highest BCUT2D eigenvalue weighted by atomic mass is 16.1. The van der Waals surface area contributed by atoms with Gasteiger partial charge in [-0.05, 0) is 52.7 Å². The SMILES string of the molecule is C=C/C=C(\C=C)CC(C)(CC)C(=C)c1ccccc1-c1ccccc1[NH2+]CCC=O. The van der Waals surface area contributed by atoms with Crippen LogP contribution in [0.1, 0.15) is 38.7 Å². The molecule has 2 aromatic carbocycles. The van der Waals surface area contributed by atoms with Crippen molar-refractivity contribution in [2.24, 2.45) is 5.41 Å². The number of carbonyl (C=O) groups excluding carboxylic acids is 1. The van der Waals surface area contributed by atoms with Gasteiger partial charge in [-0.1, -0.05) is 88.2 Å². The molecule has 0 saturated heterocycles. The number of allylic oxidation sites excluding steroid dienone is 5. The average Bonchev–Trinajstić information content (AvgIpc) is 2.78. The normalized spacial score (nSPS) is 13.3. The molecule has 0 aromatic heterocycles. The third-order valence-electron chi connectivity index (χ3n) is 5.85. The molecule has 30 heavy (non-hydrogen) atoms. The molecule has 0 amide bonds. The molecule has 2 nitrogen and oxygen atoms in total. The van der Waals surface area contributed by atoms with Gasteiger partial charge in [-0.25, -0.2) is 0 Å². The molecular formula is C28H34NO+. The fourth-order valence-corrected chi connectivity index (χ4v) is 3.78. The highest BCUT2D eigenvalue weighted by molar-refractivity contribution is 5.86. The van der Waals surface area contributed by atoms with Crippen LogP contribution in [0.15, 0.2) is 92.1 Å². The number of carbonyl (C=O) groups is 1. The van der Waals surface area contributed by atoms with E-state index >= 15 is 0 Å². The van der Waals surface area contributed by atoms with Gasteiger partial charge in [0.05, 0.1) is 13.0 Å². The minimum Gasteiger partial charge on any atom is -0.313 e. The lowest BCUT2D eigenvalue weighted by molar-refractivity contribution is -0.569. The monoisotopic (exact) mass is 400 g/mol. The van der Waals surface area contributed by atoms with Crippen LogP contribution in [0.25, 0.3) is 16.7 Å². The van der Waals surface area contributed by atoms with E-state index < -0.39 is 0 Å². The van der Waals surface area contributed by atoms with Crippen molar-refractivity contribution < 1.29 is 10.1 Å². The fourth-order valence-electron chi connectivity index (χ4n) is 3.78. The Morgan fingerprint density at radius 2 is 1.73 bits per heavy atom. The summed E-state index contributed by atoms with van der Waals surface area (Å²) in [6.45, 7) is 17.6. The van der Waals surface area contributed by atoms with E-state index in [1.807, 2.05) is 24.3 Å². The average molecular weight is 401 g/mol. The Hall–Kier alpha value is -2.97. The molecule has 0 aliphatic heterocycles. The van der Waals surface area contributed by atoms with Crippen LogP contribution in [0.3, 0.4) is 0 Å². The molecule has 2 heteroatoms. The Morgan fingerprint density at radius 3 is 2.37 bits per heavy atom. The topological polar surface area (TPSA) is 33.7 Å². The van der Waals surface area contributed by atoms with Crippen LogP contribution in [-0.2, 0) is 4.79 Å². The van der Waals surface area contributed by atoms with Crippen LogP contribution in [0.2, 0.25) is 0 Å². The first-order chi connectivity index (χ1) is 14.5. The number of para-hydroxylation sites is 1. The second-order valence-electron chi connectivity index (χ2n) is 7.83. The maximum absolute atomic E-state index is 10.7. The van der Waals surface area contributed by atoms with Crippen LogP contribution in [0.4, 0.5) is 5.69 Å². The van der Waals surface area contributed by atoms with Gasteiger partial charge in [0.25, 0.3) is 0 Å². The molecule has 0 radical (unpaired) electrons. The Labute approximate surface area is 181 Å². The lowest BCUT2D eigenvalue weighted by Gasteiger charge is -2.33. The van der Waals surface area contributed by atoms with Gasteiger partial charge in [0.1, 0.15) is 12.0 Å². The zero-order valence-electron chi connectivity index (χ0n) is 18.4. The molecule has 0 fully saturated rings. The fraction of sp³-hybridized carbons (Fsp3) is 0.250. The molecule has 0 spiro atoms. The Morgan fingerprint density at radius 1 is 1.07 bits per heavy atom. The van der Waals surface area contributed by atoms with E-state index in [1.54, 1.807) is 0 Å². The number of hydrogen-bond acceptors (Lipinski definition) is 1. The molecular weight excluding hydrogens is 366 g/mol.